The van der Waals surface area contributed by atoms with Crippen LogP contribution in [0.1, 0.15) is 27.2 Å². The van der Waals surface area contributed by atoms with Crippen LogP contribution in [-0.4, -0.2) is 22.9 Å². The van der Waals surface area contributed by atoms with E-state index in [0.717, 1.165) is 11.1 Å². The molecular weight excluding hydrogens is 240 g/mol. The molecule has 0 aliphatic carbocycles. The summed E-state index contributed by atoms with van der Waals surface area (Å²) in [5, 5.41) is 0. The Hall–Kier alpha value is -2.23. The van der Waals surface area contributed by atoms with E-state index in [1.165, 1.54) is 0 Å². The van der Waals surface area contributed by atoms with E-state index < -0.39 is 0 Å². The Balaban J connectivity index is 2.34. The van der Waals surface area contributed by atoms with E-state index in [0.29, 0.717) is 17.0 Å². The first-order valence-electron chi connectivity index (χ1n) is 6.05. The second-order valence-corrected chi connectivity index (χ2v) is 4.46. The van der Waals surface area contributed by atoms with Crippen LogP contribution in [0.25, 0.3) is 0 Å². The minimum atomic E-state index is -0.00477. The van der Waals surface area contributed by atoms with E-state index in [4.69, 9.17) is 4.74 Å². The van der Waals surface area contributed by atoms with Gasteiger partial charge in [0.25, 0.3) is 0 Å². The molecule has 19 heavy (non-hydrogen) atoms. The van der Waals surface area contributed by atoms with Crippen molar-refractivity contribution >= 4 is 5.78 Å². The van der Waals surface area contributed by atoms with E-state index in [-0.39, 0.29) is 12.2 Å². The van der Waals surface area contributed by atoms with Crippen molar-refractivity contribution in [3.05, 3.63) is 53.1 Å². The van der Waals surface area contributed by atoms with Gasteiger partial charge in [-0.2, -0.15) is 0 Å². The molecule has 0 N–H and O–H groups in total. The summed E-state index contributed by atoms with van der Waals surface area (Å²) >= 11 is 0. The van der Waals surface area contributed by atoms with Gasteiger partial charge in [0.1, 0.15) is 5.75 Å². The highest BCUT2D eigenvalue weighted by Gasteiger charge is 2.16. The number of Topliss-reactive ketones (excluding diaryl/α,β-unsaturated/α-hetero) is 1. The number of nitrogens with zero attached hydrogens (tertiary/aromatic N) is 2. The molecule has 0 aliphatic heterocycles. The Morgan fingerprint density at radius 3 is 2.68 bits per heavy atom. The SMILES string of the molecule is COc1cc(C)cc(C)c1C(=O)Cc1cnccn1. The number of hydrogen-bond acceptors (Lipinski definition) is 4. The lowest BCUT2D eigenvalue weighted by molar-refractivity contribution is 0.0988. The molecule has 0 amide bonds. The lowest BCUT2D eigenvalue weighted by Gasteiger charge is -2.11. The van der Waals surface area contributed by atoms with Gasteiger partial charge in [-0.1, -0.05) is 6.07 Å². The predicted molar refractivity (Wildman–Crippen MR) is 72.5 cm³/mol. The van der Waals surface area contributed by atoms with Crippen LogP contribution in [0.2, 0.25) is 0 Å². The van der Waals surface area contributed by atoms with Crippen molar-refractivity contribution in [2.45, 2.75) is 20.3 Å². The van der Waals surface area contributed by atoms with Gasteiger partial charge in [-0.25, -0.2) is 0 Å². The van der Waals surface area contributed by atoms with Crippen molar-refractivity contribution < 1.29 is 9.53 Å². The van der Waals surface area contributed by atoms with E-state index in [1.807, 2.05) is 26.0 Å². The van der Waals surface area contributed by atoms with Gasteiger partial charge >= 0.3 is 0 Å². The first-order valence-corrected chi connectivity index (χ1v) is 6.05. The van der Waals surface area contributed by atoms with Gasteiger partial charge in [-0.15, -0.1) is 0 Å². The third kappa shape index (κ3) is 2.96. The number of carbonyl (C=O) groups is 1. The van der Waals surface area contributed by atoms with Gasteiger partial charge in [0.15, 0.2) is 5.78 Å². The lowest BCUT2D eigenvalue weighted by Crippen LogP contribution is -2.09. The smallest absolute Gasteiger partial charge is 0.172 e. The molecule has 4 nitrogen and oxygen atoms in total. The summed E-state index contributed by atoms with van der Waals surface area (Å²) in [4.78, 5) is 20.5. The summed E-state index contributed by atoms with van der Waals surface area (Å²) in [5.41, 5.74) is 3.28. The van der Waals surface area contributed by atoms with Crippen molar-refractivity contribution in [3.8, 4) is 5.75 Å². The minimum Gasteiger partial charge on any atom is -0.496 e. The number of methoxy groups -OCH3 is 1. The first kappa shape index (κ1) is 13.2. The fourth-order valence-electron chi connectivity index (χ4n) is 2.12. The molecular formula is C15H16N2O2. The van der Waals surface area contributed by atoms with Crippen LogP contribution in [0.4, 0.5) is 0 Å². The summed E-state index contributed by atoms with van der Waals surface area (Å²) in [6.07, 6.45) is 5.01. The number of ether oxygens (including phenoxy) is 1. The third-order valence-corrected chi connectivity index (χ3v) is 2.90. The molecule has 2 aromatic rings. The van der Waals surface area contributed by atoms with E-state index >= 15 is 0 Å². The molecule has 4 heteroatoms. The quantitative estimate of drug-likeness (QED) is 0.789. The molecule has 0 saturated carbocycles. The number of hydrogen-bond donors (Lipinski definition) is 0. The van der Waals surface area contributed by atoms with Crippen LogP contribution in [0.3, 0.4) is 0 Å². The van der Waals surface area contributed by atoms with Crippen molar-refractivity contribution in [1.29, 1.82) is 0 Å². The second-order valence-electron chi connectivity index (χ2n) is 4.46. The van der Waals surface area contributed by atoms with Gasteiger partial charge in [0, 0.05) is 18.6 Å². The summed E-state index contributed by atoms with van der Waals surface area (Å²) < 4.78 is 5.31. The van der Waals surface area contributed by atoms with Crippen molar-refractivity contribution in [2.24, 2.45) is 0 Å². The van der Waals surface area contributed by atoms with Crippen LogP contribution in [-0.2, 0) is 6.42 Å². The Bertz CT molecular complexity index is 595. The summed E-state index contributed by atoms with van der Waals surface area (Å²) in [7, 11) is 1.58. The third-order valence-electron chi connectivity index (χ3n) is 2.90. The normalized spacial score (nSPS) is 10.3. The topological polar surface area (TPSA) is 52.1 Å². The highest BCUT2D eigenvalue weighted by Crippen LogP contribution is 2.25. The molecule has 0 bridgehead atoms. The van der Waals surface area contributed by atoms with Crippen molar-refractivity contribution in [1.82, 2.24) is 9.97 Å². The molecule has 98 valence electrons. The zero-order valence-corrected chi connectivity index (χ0v) is 11.3. The van der Waals surface area contributed by atoms with E-state index in [9.17, 15) is 4.79 Å². The average Bonchev–Trinajstić information content (AvgIpc) is 2.38. The molecule has 1 aromatic heterocycles. The highest BCUT2D eigenvalue weighted by molar-refractivity contribution is 6.01. The Labute approximate surface area is 112 Å². The van der Waals surface area contributed by atoms with Gasteiger partial charge in [0.05, 0.1) is 24.8 Å². The van der Waals surface area contributed by atoms with Crippen LogP contribution in [0.15, 0.2) is 30.7 Å². The second kappa shape index (κ2) is 5.61. The number of rotatable bonds is 4. The van der Waals surface area contributed by atoms with Gasteiger partial charge in [0.2, 0.25) is 0 Å². The molecule has 2 rings (SSSR count). The zero-order chi connectivity index (χ0) is 13.8. The number of ketones is 1. The Kier molecular flexibility index (Phi) is 3.90. The first-order chi connectivity index (χ1) is 9.11. The number of carbonyl (C=O) groups excluding carboxylic acids is 1. The van der Waals surface area contributed by atoms with Crippen LogP contribution >= 0.6 is 0 Å². The maximum absolute atomic E-state index is 12.4. The largest absolute Gasteiger partial charge is 0.496 e. The predicted octanol–water partition coefficient (Wildman–Crippen LogP) is 2.53. The van der Waals surface area contributed by atoms with Crippen LogP contribution < -0.4 is 4.74 Å². The van der Waals surface area contributed by atoms with Gasteiger partial charge in [-0.3, -0.25) is 14.8 Å². The molecule has 0 atom stereocenters. The lowest BCUT2D eigenvalue weighted by atomic mass is 9.98. The standard InChI is InChI=1S/C15H16N2O2/c1-10-6-11(2)15(14(7-10)19-3)13(18)8-12-9-16-4-5-17-12/h4-7,9H,8H2,1-3H3. The maximum Gasteiger partial charge on any atom is 0.172 e. The van der Waals surface area contributed by atoms with Crippen molar-refractivity contribution in [3.63, 3.8) is 0 Å². The number of benzene rings is 1. The number of aromatic nitrogens is 2. The van der Waals surface area contributed by atoms with Crippen LogP contribution in [0, 0.1) is 13.8 Å². The molecule has 1 heterocycles. The van der Waals surface area contributed by atoms with Gasteiger partial charge in [-0.05, 0) is 31.0 Å². The van der Waals surface area contributed by atoms with E-state index in [1.54, 1.807) is 25.7 Å². The molecule has 0 fully saturated rings. The van der Waals surface area contributed by atoms with E-state index in [2.05, 4.69) is 9.97 Å². The highest BCUT2D eigenvalue weighted by atomic mass is 16.5. The molecule has 0 saturated heterocycles. The minimum absolute atomic E-state index is 0.00477. The molecule has 0 unspecified atom stereocenters. The summed E-state index contributed by atoms with van der Waals surface area (Å²) in [5.74, 6) is 0.612. The molecule has 1 aromatic carbocycles. The zero-order valence-electron chi connectivity index (χ0n) is 11.3. The molecule has 0 spiro atoms. The molecule has 0 radical (unpaired) electrons. The van der Waals surface area contributed by atoms with Gasteiger partial charge < -0.3 is 4.74 Å². The monoisotopic (exact) mass is 256 g/mol. The fraction of sp³-hybridized carbons (Fsp3) is 0.267. The summed E-state index contributed by atoms with van der Waals surface area (Å²) in [6.45, 7) is 3.89. The Morgan fingerprint density at radius 2 is 2.05 bits per heavy atom. The average molecular weight is 256 g/mol. The molecule has 0 aliphatic rings. The fourth-order valence-corrected chi connectivity index (χ4v) is 2.12. The Morgan fingerprint density at radius 1 is 1.26 bits per heavy atom. The van der Waals surface area contributed by atoms with Crippen molar-refractivity contribution in [2.75, 3.05) is 7.11 Å². The number of aryl methyl sites for hydroxylation is 2. The maximum atomic E-state index is 12.4. The van der Waals surface area contributed by atoms with Crippen LogP contribution in [0.5, 0.6) is 5.75 Å². The summed E-state index contributed by atoms with van der Waals surface area (Å²) in [6, 6.07) is 3.85.